The molecule has 21 heavy (non-hydrogen) atoms. The fourth-order valence-corrected chi connectivity index (χ4v) is 2.34. The summed E-state index contributed by atoms with van der Waals surface area (Å²) in [5.41, 5.74) is 0.889. The molecule has 0 fully saturated rings. The van der Waals surface area contributed by atoms with Gasteiger partial charge in [-0.05, 0) is 18.4 Å². The number of para-hydroxylation sites is 1. The number of aromatic amines is 1. The predicted molar refractivity (Wildman–Crippen MR) is 82.5 cm³/mol. The molecule has 0 saturated carbocycles. The number of benzene rings is 1. The van der Waals surface area contributed by atoms with Gasteiger partial charge in [-0.25, -0.2) is 4.68 Å². The summed E-state index contributed by atoms with van der Waals surface area (Å²) in [6, 6.07) is 9.00. The van der Waals surface area contributed by atoms with Gasteiger partial charge in [0, 0.05) is 0 Å². The third kappa shape index (κ3) is 3.08. The van der Waals surface area contributed by atoms with Crippen LogP contribution in [0.1, 0.15) is 11.3 Å². The van der Waals surface area contributed by atoms with Crippen LogP contribution in [-0.4, -0.2) is 34.2 Å². The normalized spacial score (nSPS) is 10.4. The van der Waals surface area contributed by atoms with E-state index in [0.29, 0.717) is 11.4 Å². The van der Waals surface area contributed by atoms with Crippen LogP contribution in [0.5, 0.6) is 0 Å². The molecule has 2 aromatic rings. The van der Waals surface area contributed by atoms with Crippen molar-refractivity contribution in [1.82, 2.24) is 9.78 Å². The molecule has 1 aromatic heterocycles. The lowest BCUT2D eigenvalue weighted by molar-refractivity contribution is -0.139. The standard InChI is InChI=1S/C14H15N3O3S/c1-20-11(18)8-10-12(13(15)21-2)14(19)17(16-10)9-6-4-3-5-7-9/h3-7,15-16H,8H2,1-2H3. The number of nitrogens with zero attached hydrogens (tertiary/aromatic N) is 1. The summed E-state index contributed by atoms with van der Waals surface area (Å²) in [4.78, 5) is 24.0. The summed E-state index contributed by atoms with van der Waals surface area (Å²) in [6.07, 6.45) is 1.63. The van der Waals surface area contributed by atoms with Crippen LogP contribution >= 0.6 is 11.8 Å². The zero-order valence-corrected chi connectivity index (χ0v) is 12.5. The number of esters is 1. The van der Waals surface area contributed by atoms with E-state index in [9.17, 15) is 9.59 Å². The van der Waals surface area contributed by atoms with Crippen molar-refractivity contribution in [1.29, 1.82) is 5.41 Å². The second kappa shape index (κ2) is 6.45. The lowest BCUT2D eigenvalue weighted by Crippen LogP contribution is -2.19. The molecule has 1 aromatic carbocycles. The zero-order valence-electron chi connectivity index (χ0n) is 11.7. The number of thioether (sulfide) groups is 1. The molecule has 7 heteroatoms. The summed E-state index contributed by atoms with van der Waals surface area (Å²) in [7, 11) is 1.29. The molecule has 0 bridgehead atoms. The predicted octanol–water partition coefficient (Wildman–Crippen LogP) is 1.57. The largest absolute Gasteiger partial charge is 0.469 e. The average Bonchev–Trinajstić information content (AvgIpc) is 2.83. The smallest absolute Gasteiger partial charge is 0.311 e. The maximum atomic E-state index is 12.5. The van der Waals surface area contributed by atoms with E-state index in [-0.39, 0.29) is 22.6 Å². The highest BCUT2D eigenvalue weighted by molar-refractivity contribution is 8.13. The Hall–Kier alpha value is -2.28. The lowest BCUT2D eigenvalue weighted by atomic mass is 10.2. The quantitative estimate of drug-likeness (QED) is 0.510. The summed E-state index contributed by atoms with van der Waals surface area (Å²) in [5.74, 6) is -0.466. The molecule has 0 unspecified atom stereocenters. The minimum absolute atomic E-state index is 0.0795. The molecule has 0 aliphatic rings. The molecule has 0 radical (unpaired) electrons. The van der Waals surface area contributed by atoms with Crippen molar-refractivity contribution in [3.63, 3.8) is 0 Å². The Labute approximate surface area is 125 Å². The van der Waals surface area contributed by atoms with Crippen molar-refractivity contribution in [2.24, 2.45) is 0 Å². The van der Waals surface area contributed by atoms with Gasteiger partial charge in [0.2, 0.25) is 0 Å². The first-order valence-electron chi connectivity index (χ1n) is 6.17. The lowest BCUT2D eigenvalue weighted by Gasteiger charge is -2.01. The maximum Gasteiger partial charge on any atom is 0.311 e. The fourth-order valence-electron chi connectivity index (χ4n) is 1.92. The minimum Gasteiger partial charge on any atom is -0.469 e. The molecule has 0 aliphatic carbocycles. The van der Waals surface area contributed by atoms with Crippen molar-refractivity contribution < 1.29 is 9.53 Å². The van der Waals surface area contributed by atoms with Crippen LogP contribution in [0, 0.1) is 5.41 Å². The first-order valence-corrected chi connectivity index (χ1v) is 7.40. The van der Waals surface area contributed by atoms with Crippen molar-refractivity contribution in [2.45, 2.75) is 6.42 Å². The van der Waals surface area contributed by atoms with Gasteiger partial charge >= 0.3 is 5.97 Å². The van der Waals surface area contributed by atoms with Crippen LogP contribution in [0.3, 0.4) is 0 Å². The molecule has 0 spiro atoms. The summed E-state index contributed by atoms with van der Waals surface area (Å²) < 4.78 is 5.96. The number of hydrogen-bond donors (Lipinski definition) is 2. The van der Waals surface area contributed by atoms with Gasteiger partial charge < -0.3 is 4.74 Å². The monoisotopic (exact) mass is 305 g/mol. The van der Waals surface area contributed by atoms with Gasteiger partial charge in [-0.2, -0.15) is 0 Å². The van der Waals surface area contributed by atoms with E-state index in [1.807, 2.05) is 18.2 Å². The molecule has 0 amide bonds. The van der Waals surface area contributed by atoms with E-state index >= 15 is 0 Å². The maximum absolute atomic E-state index is 12.5. The van der Waals surface area contributed by atoms with Gasteiger partial charge in [0.05, 0.1) is 30.5 Å². The minimum atomic E-state index is -0.466. The van der Waals surface area contributed by atoms with E-state index in [4.69, 9.17) is 5.41 Å². The molecular weight excluding hydrogens is 290 g/mol. The topological polar surface area (TPSA) is 87.9 Å². The van der Waals surface area contributed by atoms with E-state index in [1.165, 1.54) is 11.8 Å². The summed E-state index contributed by atoms with van der Waals surface area (Å²) in [6.45, 7) is 0. The van der Waals surface area contributed by atoms with Crippen molar-refractivity contribution in [3.8, 4) is 5.69 Å². The molecule has 1 heterocycles. The highest BCUT2D eigenvalue weighted by Crippen LogP contribution is 2.13. The first-order chi connectivity index (χ1) is 10.1. The number of hydrogen-bond acceptors (Lipinski definition) is 5. The van der Waals surface area contributed by atoms with E-state index in [0.717, 1.165) is 11.8 Å². The Morgan fingerprint density at radius 1 is 1.38 bits per heavy atom. The number of aromatic nitrogens is 2. The van der Waals surface area contributed by atoms with Crippen LogP contribution in [0.2, 0.25) is 0 Å². The van der Waals surface area contributed by atoms with Crippen molar-refractivity contribution in [2.75, 3.05) is 13.4 Å². The third-order valence-corrected chi connectivity index (χ3v) is 3.57. The number of rotatable bonds is 4. The Kier molecular flexibility index (Phi) is 4.64. The van der Waals surface area contributed by atoms with Crippen LogP contribution in [0.25, 0.3) is 5.69 Å². The van der Waals surface area contributed by atoms with Gasteiger partial charge in [-0.1, -0.05) is 18.2 Å². The molecule has 2 rings (SSSR count). The highest BCUT2D eigenvalue weighted by atomic mass is 32.2. The van der Waals surface area contributed by atoms with Gasteiger partial charge in [0.25, 0.3) is 5.56 Å². The number of nitrogens with one attached hydrogen (secondary N) is 2. The SMILES string of the molecule is COC(=O)Cc1[nH]n(-c2ccccc2)c(=O)c1C(=N)SC. The molecule has 110 valence electrons. The number of ether oxygens (including phenoxy) is 1. The van der Waals surface area contributed by atoms with Crippen molar-refractivity contribution in [3.05, 3.63) is 51.9 Å². The van der Waals surface area contributed by atoms with Gasteiger partial charge in [-0.15, -0.1) is 11.8 Å². The molecule has 6 nitrogen and oxygen atoms in total. The van der Waals surface area contributed by atoms with Crippen LogP contribution in [0.4, 0.5) is 0 Å². The zero-order chi connectivity index (χ0) is 15.4. The number of carbonyl (C=O) groups excluding carboxylic acids is 1. The van der Waals surface area contributed by atoms with Crippen LogP contribution < -0.4 is 5.56 Å². The summed E-state index contributed by atoms with van der Waals surface area (Å²) in [5, 5.41) is 10.9. The number of methoxy groups -OCH3 is 1. The van der Waals surface area contributed by atoms with Crippen LogP contribution in [-0.2, 0) is 16.0 Å². The van der Waals surface area contributed by atoms with Crippen LogP contribution in [0.15, 0.2) is 35.1 Å². The highest BCUT2D eigenvalue weighted by Gasteiger charge is 2.20. The Balaban J connectivity index is 2.57. The molecule has 0 saturated heterocycles. The number of H-pyrrole nitrogens is 1. The van der Waals surface area contributed by atoms with E-state index < -0.39 is 5.97 Å². The van der Waals surface area contributed by atoms with Crippen molar-refractivity contribution >= 4 is 22.8 Å². The van der Waals surface area contributed by atoms with E-state index in [1.54, 1.807) is 18.4 Å². The molecule has 0 atom stereocenters. The molecule has 0 aliphatic heterocycles. The Morgan fingerprint density at radius 3 is 2.62 bits per heavy atom. The molecule has 2 N–H and O–H groups in total. The average molecular weight is 305 g/mol. The third-order valence-electron chi connectivity index (χ3n) is 2.96. The van der Waals surface area contributed by atoms with Gasteiger partial charge in [0.15, 0.2) is 0 Å². The number of carbonyl (C=O) groups is 1. The van der Waals surface area contributed by atoms with Gasteiger partial charge in [-0.3, -0.25) is 20.1 Å². The van der Waals surface area contributed by atoms with Gasteiger partial charge in [0.1, 0.15) is 5.04 Å². The second-order valence-electron chi connectivity index (χ2n) is 4.23. The molecular formula is C14H15N3O3S. The first kappa shape index (κ1) is 15.1. The summed E-state index contributed by atoms with van der Waals surface area (Å²) >= 11 is 1.15. The fraction of sp³-hybridized carbons (Fsp3) is 0.214. The van der Waals surface area contributed by atoms with E-state index in [2.05, 4.69) is 9.84 Å². The Morgan fingerprint density at radius 2 is 2.05 bits per heavy atom. The Bertz CT molecular complexity index is 719. The second-order valence-corrected chi connectivity index (χ2v) is 5.04.